The van der Waals surface area contributed by atoms with Gasteiger partial charge in [0.15, 0.2) is 0 Å². The maximum atomic E-state index is 12.5. The Kier molecular flexibility index (Phi) is 41.5. The fourth-order valence-electron chi connectivity index (χ4n) is 6.99. The Bertz CT molecular complexity index is 1350. The van der Waals surface area contributed by atoms with Crippen LogP contribution >= 0.6 is 0 Å². The van der Waals surface area contributed by atoms with E-state index >= 15 is 0 Å². The van der Waals surface area contributed by atoms with Crippen LogP contribution in [0.15, 0.2) is 0 Å². The molecule has 1 rings (SSSR count). The first kappa shape index (κ1) is 62.8. The van der Waals surface area contributed by atoms with Crippen molar-refractivity contribution < 1.29 is 67.5 Å². The van der Waals surface area contributed by atoms with E-state index < -0.39 is 24.0 Å². The van der Waals surface area contributed by atoms with Gasteiger partial charge in [0.05, 0.1) is 45.7 Å². The van der Waals surface area contributed by atoms with E-state index in [1.165, 1.54) is 76.0 Å². The molecule has 1 aliphatic heterocycles. The summed E-state index contributed by atoms with van der Waals surface area (Å²) in [6, 6.07) is -0.992. The second-order valence-electron chi connectivity index (χ2n) is 16.8. The van der Waals surface area contributed by atoms with Gasteiger partial charge in [0.2, 0.25) is 29.5 Å². The fraction of sp³-hybridized carbons (Fsp3) is 0.830. The maximum absolute atomic E-state index is 12.5. The molecule has 0 spiro atoms. The summed E-state index contributed by atoms with van der Waals surface area (Å²) in [6.07, 6.45) is 21.3. The first-order valence-electron chi connectivity index (χ1n) is 24.6. The zero-order chi connectivity index (χ0) is 49.8. The van der Waals surface area contributed by atoms with Crippen LogP contribution in [0.2, 0.25) is 0 Å². The van der Waals surface area contributed by atoms with Crippen LogP contribution in [-0.2, 0) is 57.3 Å². The van der Waals surface area contributed by atoms with Crippen molar-refractivity contribution in [1.82, 2.24) is 20.9 Å². The number of Topliss-reactive ketones (excluding diaryl/α,β-unsaturated/α-hetero) is 1. The summed E-state index contributed by atoms with van der Waals surface area (Å²) in [5.41, 5.74) is 10.8. The van der Waals surface area contributed by atoms with Gasteiger partial charge in [0, 0.05) is 51.9 Å². The normalized spacial score (nSPS) is 13.6. The van der Waals surface area contributed by atoms with Crippen LogP contribution in [0.4, 0.5) is 0 Å². The van der Waals surface area contributed by atoms with Crippen molar-refractivity contribution >= 4 is 47.3 Å². The minimum atomic E-state index is -0.952. The Balaban J connectivity index is 0.00000166. The van der Waals surface area contributed by atoms with Gasteiger partial charge in [-0.05, 0) is 58.3 Å². The summed E-state index contributed by atoms with van der Waals surface area (Å²) in [6.45, 7) is 4.21. The van der Waals surface area contributed by atoms with Gasteiger partial charge in [-0.1, -0.05) is 77.0 Å². The third-order valence-corrected chi connectivity index (χ3v) is 10.8. The van der Waals surface area contributed by atoms with Gasteiger partial charge in [-0.15, -0.1) is 0 Å². The van der Waals surface area contributed by atoms with Crippen molar-refractivity contribution in [2.45, 2.75) is 173 Å². The van der Waals surface area contributed by atoms with Crippen LogP contribution in [0.25, 0.3) is 0 Å². The van der Waals surface area contributed by atoms with Crippen LogP contribution in [0.1, 0.15) is 161 Å². The molecule has 0 aromatic rings. The van der Waals surface area contributed by atoms with Gasteiger partial charge >= 0.3 is 11.9 Å². The van der Waals surface area contributed by atoms with Crippen molar-refractivity contribution in [3.05, 3.63) is 0 Å². The zero-order valence-corrected chi connectivity index (χ0v) is 40.5. The highest BCUT2D eigenvalue weighted by Crippen LogP contribution is 2.19. The molecule has 0 bridgehead atoms. The summed E-state index contributed by atoms with van der Waals surface area (Å²) in [4.78, 5) is 92.4. The van der Waals surface area contributed by atoms with E-state index in [0.717, 1.165) is 44.9 Å². The smallest absolute Gasteiger partial charge is 0.303 e. The minimum Gasteiger partial charge on any atom is -0.481 e. The summed E-state index contributed by atoms with van der Waals surface area (Å²) < 4.78 is 21.3. The van der Waals surface area contributed by atoms with Crippen molar-refractivity contribution in [3.8, 4) is 0 Å². The Morgan fingerprint density at radius 1 is 0.552 bits per heavy atom. The number of ketones is 1. The number of nitrogens with zero attached hydrogens (tertiary/aromatic N) is 1. The molecule has 1 fully saturated rings. The first-order chi connectivity index (χ1) is 32.2. The molecule has 20 heteroatoms. The van der Waals surface area contributed by atoms with E-state index in [2.05, 4.69) is 16.0 Å². The minimum absolute atomic E-state index is 0.0400. The number of carbonyl (C=O) groups is 8. The van der Waals surface area contributed by atoms with Crippen molar-refractivity contribution in [2.75, 3.05) is 79.0 Å². The van der Waals surface area contributed by atoms with E-state index in [9.17, 15) is 38.4 Å². The number of likely N-dealkylation sites (tertiary alicyclic amines) is 1. The Hall–Kier alpha value is -4.24. The van der Waals surface area contributed by atoms with Crippen LogP contribution in [0.5, 0.6) is 0 Å². The highest BCUT2D eigenvalue weighted by atomic mass is 16.5. The molecule has 0 aromatic carbocycles. The molecule has 388 valence electrons. The summed E-state index contributed by atoms with van der Waals surface area (Å²) >= 11 is 0. The second kappa shape index (κ2) is 44.3. The number of carboxylic acids is 2. The number of primary amides is 1. The molecular formula is C47H86N6O14. The quantitative estimate of drug-likeness (QED) is 0.0430. The molecule has 9 N–H and O–H groups in total. The Labute approximate surface area is 398 Å². The molecule has 2 unspecified atom stereocenters. The molecule has 0 aromatic heterocycles. The highest BCUT2D eigenvalue weighted by molar-refractivity contribution is 5.88. The van der Waals surface area contributed by atoms with Gasteiger partial charge in [-0.25, -0.2) is 0 Å². The number of hydrogen-bond donors (Lipinski definition) is 7. The lowest BCUT2D eigenvalue weighted by atomic mass is 10.0. The standard InChI is InChI=1S/C29H51N5O11.C18H35NO3/c1-22(35)23(30)6-2-3-10-31-25(36)20-44-18-16-42-14-11-32-26(37)21-45-19-17-43-15-12-33-29(41)24-7-5-13-34(24)27(38)8-4-9-28(39)40;19-17(20)15-13-11-9-7-5-3-1-2-4-6-8-10-12-14-16-18(21)22/h23-24H,2-21,30H2,1H3,(H,31,36)(H,32,37)(H,33,41)(H,39,40);1-16H2,(H2,19,20)(H,21,22). The molecule has 5 amide bonds. The van der Waals surface area contributed by atoms with E-state index in [-0.39, 0.29) is 114 Å². The lowest BCUT2D eigenvalue weighted by Crippen LogP contribution is -2.46. The molecule has 0 radical (unpaired) electrons. The van der Waals surface area contributed by atoms with Crippen molar-refractivity contribution in [2.24, 2.45) is 11.5 Å². The average molecular weight is 959 g/mol. The van der Waals surface area contributed by atoms with Crippen molar-refractivity contribution in [3.63, 3.8) is 0 Å². The number of nitrogens with one attached hydrogen (secondary N) is 3. The van der Waals surface area contributed by atoms with Crippen LogP contribution in [-0.4, -0.2) is 153 Å². The topological polar surface area (TPSA) is 305 Å². The molecule has 0 aliphatic carbocycles. The number of ether oxygens (including phenoxy) is 4. The predicted molar refractivity (Wildman–Crippen MR) is 252 cm³/mol. The average Bonchev–Trinajstić information content (AvgIpc) is 3.78. The van der Waals surface area contributed by atoms with E-state index in [1.54, 1.807) is 0 Å². The number of unbranched alkanes of at least 4 members (excludes halogenated alkanes) is 14. The lowest BCUT2D eigenvalue weighted by Gasteiger charge is -2.24. The maximum Gasteiger partial charge on any atom is 0.303 e. The zero-order valence-electron chi connectivity index (χ0n) is 40.5. The molecular weight excluding hydrogens is 873 g/mol. The van der Waals surface area contributed by atoms with Gasteiger partial charge in [0.1, 0.15) is 25.0 Å². The Morgan fingerprint density at radius 3 is 1.49 bits per heavy atom. The monoisotopic (exact) mass is 959 g/mol. The summed E-state index contributed by atoms with van der Waals surface area (Å²) in [5, 5.41) is 25.4. The molecule has 1 heterocycles. The SMILES string of the molecule is CC(=O)C(N)CCCCNC(=O)COCCOCCNC(=O)COCCOCCNC(=O)C1CCCN1C(=O)CCCC(=O)O.NC(=O)CCCCCCCCCCCCCCCCC(=O)O. The van der Waals surface area contributed by atoms with Gasteiger partial charge < -0.3 is 61.5 Å². The molecule has 67 heavy (non-hydrogen) atoms. The molecule has 20 nitrogen and oxygen atoms in total. The third kappa shape index (κ3) is 41.7. The number of rotatable bonds is 44. The highest BCUT2D eigenvalue weighted by Gasteiger charge is 2.33. The lowest BCUT2D eigenvalue weighted by molar-refractivity contribution is -0.140. The Morgan fingerprint density at radius 2 is 1.00 bits per heavy atom. The largest absolute Gasteiger partial charge is 0.481 e. The third-order valence-electron chi connectivity index (χ3n) is 10.8. The van der Waals surface area contributed by atoms with Gasteiger partial charge in [0.25, 0.3) is 0 Å². The fourth-order valence-corrected chi connectivity index (χ4v) is 6.99. The first-order valence-corrected chi connectivity index (χ1v) is 24.6. The van der Waals surface area contributed by atoms with E-state index in [1.807, 2.05) is 0 Å². The molecule has 1 aliphatic rings. The second-order valence-corrected chi connectivity index (χ2v) is 16.8. The predicted octanol–water partition coefficient (Wildman–Crippen LogP) is 3.53. The van der Waals surface area contributed by atoms with Crippen molar-refractivity contribution in [1.29, 1.82) is 0 Å². The number of carboxylic acid groups (broad SMARTS) is 2. The number of nitrogens with two attached hydrogens (primary N) is 2. The number of hydrogen-bond acceptors (Lipinski definition) is 13. The van der Waals surface area contributed by atoms with Gasteiger partial charge in [-0.2, -0.15) is 0 Å². The number of aliphatic carboxylic acids is 2. The molecule has 0 saturated carbocycles. The van der Waals surface area contributed by atoms with Crippen LogP contribution < -0.4 is 27.4 Å². The molecule has 1 saturated heterocycles. The number of carbonyl (C=O) groups excluding carboxylic acids is 6. The summed E-state index contributed by atoms with van der Waals surface area (Å²) in [7, 11) is 0. The van der Waals surface area contributed by atoms with Crippen LogP contribution in [0, 0.1) is 0 Å². The van der Waals surface area contributed by atoms with E-state index in [4.69, 9.17) is 40.6 Å². The van der Waals surface area contributed by atoms with Crippen LogP contribution in [0.3, 0.4) is 0 Å². The summed E-state index contributed by atoms with van der Waals surface area (Å²) in [5.74, 6) is -2.85. The molecule has 2 atom stereocenters. The van der Waals surface area contributed by atoms with Gasteiger partial charge in [-0.3, -0.25) is 38.4 Å². The number of amides is 5. The van der Waals surface area contributed by atoms with E-state index in [0.29, 0.717) is 45.3 Å².